The minimum Gasteiger partial charge on any atom is -0.396 e. The van der Waals surface area contributed by atoms with Crippen LogP contribution in [-0.4, -0.2) is 55.6 Å². The summed E-state index contributed by atoms with van der Waals surface area (Å²) in [4.78, 5) is 0. The summed E-state index contributed by atoms with van der Waals surface area (Å²) in [6.45, 7) is 6.49. The van der Waals surface area contributed by atoms with Gasteiger partial charge in [0.05, 0.1) is 26.8 Å². The van der Waals surface area contributed by atoms with Crippen LogP contribution >= 0.6 is 0 Å². The van der Waals surface area contributed by atoms with Gasteiger partial charge in [0.1, 0.15) is 12.6 Å². The second-order valence-corrected chi connectivity index (χ2v) is 4.17. The van der Waals surface area contributed by atoms with Crippen LogP contribution in [0.25, 0.3) is 0 Å². The van der Waals surface area contributed by atoms with E-state index in [9.17, 15) is 0 Å². The van der Waals surface area contributed by atoms with Gasteiger partial charge in [0, 0.05) is 13.0 Å². The zero-order chi connectivity index (χ0) is 9.73. The van der Waals surface area contributed by atoms with Gasteiger partial charge < -0.3 is 14.3 Å². The van der Waals surface area contributed by atoms with E-state index in [0.717, 1.165) is 30.7 Å². The summed E-state index contributed by atoms with van der Waals surface area (Å²) in [6.07, 6.45) is 2.08. The third-order valence-electron chi connectivity index (χ3n) is 3.13. The third-order valence-corrected chi connectivity index (χ3v) is 3.13. The Labute approximate surface area is 80.9 Å². The van der Waals surface area contributed by atoms with E-state index in [2.05, 4.69) is 14.0 Å². The molecule has 0 amide bonds. The maximum absolute atomic E-state index is 8.95. The Hall–Kier alpha value is -0.120. The van der Waals surface area contributed by atoms with Gasteiger partial charge in [0.15, 0.2) is 0 Å². The first-order valence-electron chi connectivity index (χ1n) is 5.26. The first-order chi connectivity index (χ1) is 6.23. The van der Waals surface area contributed by atoms with Gasteiger partial charge in [-0.15, -0.1) is 0 Å². The molecular formula is C10H22NO2+. The van der Waals surface area contributed by atoms with E-state index in [1.165, 1.54) is 13.0 Å². The molecule has 1 fully saturated rings. The van der Waals surface area contributed by atoms with Crippen LogP contribution in [0.2, 0.25) is 0 Å². The number of nitrogens with zero attached hydrogens (tertiary/aromatic N) is 1. The van der Waals surface area contributed by atoms with Crippen molar-refractivity contribution in [2.24, 2.45) is 0 Å². The van der Waals surface area contributed by atoms with Gasteiger partial charge >= 0.3 is 0 Å². The quantitative estimate of drug-likeness (QED) is 0.656. The Morgan fingerprint density at radius 2 is 2.31 bits per heavy atom. The van der Waals surface area contributed by atoms with Crippen LogP contribution in [0.15, 0.2) is 0 Å². The van der Waals surface area contributed by atoms with Gasteiger partial charge in [-0.1, -0.05) is 6.92 Å². The molecule has 1 saturated heterocycles. The van der Waals surface area contributed by atoms with Crippen molar-refractivity contribution in [2.45, 2.75) is 25.8 Å². The number of hydrogen-bond donors (Lipinski definition) is 1. The molecule has 2 unspecified atom stereocenters. The highest BCUT2D eigenvalue weighted by molar-refractivity contribution is 4.62. The van der Waals surface area contributed by atoms with Crippen LogP contribution in [0.4, 0.5) is 0 Å². The Morgan fingerprint density at radius 3 is 2.92 bits per heavy atom. The first-order valence-corrected chi connectivity index (χ1v) is 5.26. The van der Waals surface area contributed by atoms with Crippen molar-refractivity contribution >= 4 is 0 Å². The van der Waals surface area contributed by atoms with Crippen LogP contribution in [-0.2, 0) is 4.74 Å². The molecule has 0 bridgehead atoms. The molecule has 3 heteroatoms. The predicted octanol–water partition coefficient (Wildman–Crippen LogP) is 0.624. The third kappa shape index (κ3) is 2.66. The van der Waals surface area contributed by atoms with Crippen molar-refractivity contribution < 1.29 is 14.3 Å². The molecule has 3 nitrogen and oxygen atoms in total. The molecule has 78 valence electrons. The van der Waals surface area contributed by atoms with E-state index in [1.54, 1.807) is 0 Å². The fourth-order valence-electron chi connectivity index (χ4n) is 2.20. The van der Waals surface area contributed by atoms with E-state index in [1.807, 2.05) is 0 Å². The molecule has 13 heavy (non-hydrogen) atoms. The molecule has 0 spiro atoms. The fourth-order valence-corrected chi connectivity index (χ4v) is 2.20. The van der Waals surface area contributed by atoms with Crippen molar-refractivity contribution in [1.82, 2.24) is 0 Å². The monoisotopic (exact) mass is 188 g/mol. The summed E-state index contributed by atoms with van der Waals surface area (Å²) < 4.78 is 6.53. The van der Waals surface area contributed by atoms with Gasteiger partial charge in [-0.2, -0.15) is 0 Å². The minimum atomic E-state index is 0.283. The highest BCUT2D eigenvalue weighted by atomic mass is 16.5. The van der Waals surface area contributed by atoms with Gasteiger partial charge in [-0.25, -0.2) is 0 Å². The average Bonchev–Trinajstić information content (AvgIpc) is 2.10. The molecule has 1 rings (SSSR count). The molecule has 0 radical (unpaired) electrons. The zero-order valence-electron chi connectivity index (χ0n) is 8.83. The average molecular weight is 188 g/mol. The predicted molar refractivity (Wildman–Crippen MR) is 52.5 cm³/mol. The molecule has 0 aliphatic carbocycles. The Morgan fingerprint density at radius 1 is 1.54 bits per heavy atom. The number of quaternary nitrogens is 1. The van der Waals surface area contributed by atoms with E-state index in [4.69, 9.17) is 9.84 Å². The number of rotatable bonds is 4. The van der Waals surface area contributed by atoms with Crippen LogP contribution in [0.5, 0.6) is 0 Å². The van der Waals surface area contributed by atoms with Gasteiger partial charge in [-0.3, -0.25) is 0 Å². The summed E-state index contributed by atoms with van der Waals surface area (Å²) >= 11 is 0. The summed E-state index contributed by atoms with van der Waals surface area (Å²) in [5, 5.41) is 8.95. The molecule has 0 saturated carbocycles. The van der Waals surface area contributed by atoms with Crippen LogP contribution in [0, 0.1) is 0 Å². The molecule has 1 heterocycles. The summed E-state index contributed by atoms with van der Waals surface area (Å²) in [5.74, 6) is 0. The highest BCUT2D eigenvalue weighted by Crippen LogP contribution is 2.18. The Kier molecular flexibility index (Phi) is 4.16. The number of ether oxygens (including phenoxy) is 1. The molecule has 0 aromatic carbocycles. The number of aliphatic hydroxyl groups excluding tert-OH is 1. The summed E-state index contributed by atoms with van der Waals surface area (Å²) in [7, 11) is 2.28. The maximum Gasteiger partial charge on any atom is 0.115 e. The summed E-state index contributed by atoms with van der Waals surface area (Å²) in [5.41, 5.74) is 0. The normalized spacial score (nSPS) is 34.8. The van der Waals surface area contributed by atoms with Gasteiger partial charge in [0.25, 0.3) is 0 Å². The molecule has 0 aromatic heterocycles. The second-order valence-electron chi connectivity index (χ2n) is 4.17. The topological polar surface area (TPSA) is 29.5 Å². The molecule has 1 aliphatic rings. The lowest BCUT2D eigenvalue weighted by Crippen LogP contribution is -2.59. The molecule has 1 aliphatic heterocycles. The second kappa shape index (κ2) is 4.94. The highest BCUT2D eigenvalue weighted by Gasteiger charge is 2.34. The van der Waals surface area contributed by atoms with Crippen molar-refractivity contribution in [3.63, 3.8) is 0 Å². The molecular weight excluding hydrogens is 166 g/mol. The van der Waals surface area contributed by atoms with Gasteiger partial charge in [-0.05, 0) is 6.42 Å². The maximum atomic E-state index is 8.95. The van der Waals surface area contributed by atoms with E-state index in [0.29, 0.717) is 6.04 Å². The first kappa shape index (κ1) is 11.0. The van der Waals surface area contributed by atoms with E-state index >= 15 is 0 Å². The zero-order valence-corrected chi connectivity index (χ0v) is 8.83. The standard InChI is InChI=1S/C10H22NO2/c1-3-5-11(2)6-8-13-9-10(11)4-7-12/h10,12H,3-9H2,1-2H3/q+1. The van der Waals surface area contributed by atoms with Crippen molar-refractivity contribution in [1.29, 1.82) is 0 Å². The van der Waals surface area contributed by atoms with Crippen LogP contribution < -0.4 is 0 Å². The number of hydrogen-bond acceptors (Lipinski definition) is 2. The Bertz CT molecular complexity index is 146. The smallest absolute Gasteiger partial charge is 0.115 e. The minimum absolute atomic E-state index is 0.283. The molecule has 2 atom stereocenters. The van der Waals surface area contributed by atoms with Crippen LogP contribution in [0.1, 0.15) is 19.8 Å². The van der Waals surface area contributed by atoms with Crippen LogP contribution in [0.3, 0.4) is 0 Å². The summed E-state index contributed by atoms with van der Waals surface area (Å²) in [6, 6.07) is 0.499. The molecule has 1 N–H and O–H groups in total. The number of morpholine rings is 1. The largest absolute Gasteiger partial charge is 0.396 e. The number of likely N-dealkylation sites (N-methyl/N-ethyl adjacent to an activating group) is 1. The van der Waals surface area contributed by atoms with E-state index in [-0.39, 0.29) is 6.61 Å². The van der Waals surface area contributed by atoms with E-state index < -0.39 is 0 Å². The van der Waals surface area contributed by atoms with Gasteiger partial charge in [0.2, 0.25) is 0 Å². The Balaban J connectivity index is 2.54. The van der Waals surface area contributed by atoms with Crippen molar-refractivity contribution in [3.8, 4) is 0 Å². The van der Waals surface area contributed by atoms with Crippen molar-refractivity contribution in [2.75, 3.05) is 40.0 Å². The number of aliphatic hydroxyl groups is 1. The molecule has 0 aromatic rings. The van der Waals surface area contributed by atoms with Crippen molar-refractivity contribution in [3.05, 3.63) is 0 Å². The fraction of sp³-hybridized carbons (Fsp3) is 1.00. The lowest BCUT2D eigenvalue weighted by molar-refractivity contribution is -0.941. The SMILES string of the molecule is CCC[N+]1(C)CCOCC1CCO. The lowest BCUT2D eigenvalue weighted by Gasteiger charge is -2.44. The lowest BCUT2D eigenvalue weighted by atomic mass is 10.1.